The molecule has 17 heavy (non-hydrogen) atoms. The Morgan fingerprint density at radius 3 is 2.94 bits per heavy atom. The van der Waals surface area contributed by atoms with Crippen LogP contribution in [0.3, 0.4) is 0 Å². The fourth-order valence-electron chi connectivity index (χ4n) is 1.60. The van der Waals surface area contributed by atoms with Gasteiger partial charge >= 0.3 is 0 Å². The van der Waals surface area contributed by atoms with Gasteiger partial charge in [0.15, 0.2) is 16.1 Å². The van der Waals surface area contributed by atoms with Gasteiger partial charge in [-0.2, -0.15) is 5.26 Å². The summed E-state index contributed by atoms with van der Waals surface area (Å²) in [6, 6.07) is 7.27. The van der Waals surface area contributed by atoms with Crippen molar-refractivity contribution in [3.63, 3.8) is 0 Å². The van der Waals surface area contributed by atoms with E-state index in [2.05, 4.69) is 32.2 Å². The van der Waals surface area contributed by atoms with Crippen molar-refractivity contribution >= 4 is 21.6 Å². The minimum absolute atomic E-state index is 0.558. The first kappa shape index (κ1) is 10.1. The van der Waals surface area contributed by atoms with Gasteiger partial charge in [-0.05, 0) is 28.1 Å². The highest BCUT2D eigenvalue weighted by Crippen LogP contribution is 2.28. The smallest absolute Gasteiger partial charge is 0.179 e. The van der Waals surface area contributed by atoms with Crippen molar-refractivity contribution in [1.29, 1.82) is 5.26 Å². The lowest BCUT2D eigenvalue weighted by Crippen LogP contribution is -1.89. The van der Waals surface area contributed by atoms with Gasteiger partial charge in [-0.15, -0.1) is 10.2 Å². The molecular formula is C11H5BrN4O. The standard InChI is InChI=1S/C11H5BrN4O/c12-10-8(2-4-17-10)11-15-14-9-5-7(6-13)1-3-16(9)11/h1-5H. The maximum absolute atomic E-state index is 8.80. The van der Waals surface area contributed by atoms with Gasteiger partial charge in [-0.3, -0.25) is 4.40 Å². The maximum atomic E-state index is 8.80. The number of furan rings is 1. The molecule has 0 saturated carbocycles. The molecule has 0 spiro atoms. The molecule has 3 aromatic heterocycles. The van der Waals surface area contributed by atoms with Crippen LogP contribution in [0.15, 0.2) is 39.7 Å². The number of rotatable bonds is 1. The lowest BCUT2D eigenvalue weighted by molar-refractivity contribution is 0.542. The maximum Gasteiger partial charge on any atom is 0.179 e. The van der Waals surface area contributed by atoms with Crippen LogP contribution in [0.25, 0.3) is 17.0 Å². The van der Waals surface area contributed by atoms with Crippen LogP contribution in [0, 0.1) is 11.3 Å². The van der Waals surface area contributed by atoms with Crippen LogP contribution in [-0.4, -0.2) is 14.6 Å². The number of hydrogen-bond acceptors (Lipinski definition) is 4. The van der Waals surface area contributed by atoms with E-state index in [0.29, 0.717) is 21.7 Å². The lowest BCUT2D eigenvalue weighted by atomic mass is 10.3. The van der Waals surface area contributed by atoms with E-state index in [1.54, 1.807) is 35.1 Å². The molecule has 3 heterocycles. The first-order valence-corrected chi connectivity index (χ1v) is 5.57. The Bertz CT molecular complexity index is 737. The molecule has 0 N–H and O–H groups in total. The molecule has 0 radical (unpaired) electrons. The van der Waals surface area contributed by atoms with E-state index in [4.69, 9.17) is 9.68 Å². The zero-order chi connectivity index (χ0) is 11.8. The summed E-state index contributed by atoms with van der Waals surface area (Å²) in [5.74, 6) is 0.671. The van der Waals surface area contributed by atoms with Gasteiger partial charge in [-0.1, -0.05) is 0 Å². The molecule has 0 amide bonds. The third kappa shape index (κ3) is 1.52. The Labute approximate surface area is 104 Å². The van der Waals surface area contributed by atoms with Crippen molar-refractivity contribution < 1.29 is 4.42 Å². The van der Waals surface area contributed by atoms with Crippen molar-refractivity contribution in [2.45, 2.75) is 0 Å². The van der Waals surface area contributed by atoms with Crippen LogP contribution in [-0.2, 0) is 0 Å². The van der Waals surface area contributed by atoms with Gasteiger partial charge in [-0.25, -0.2) is 0 Å². The third-order valence-corrected chi connectivity index (χ3v) is 3.01. The van der Waals surface area contributed by atoms with E-state index < -0.39 is 0 Å². The van der Waals surface area contributed by atoms with Crippen LogP contribution in [0.4, 0.5) is 0 Å². The van der Waals surface area contributed by atoms with Crippen molar-refractivity contribution in [3.05, 3.63) is 40.9 Å². The van der Waals surface area contributed by atoms with E-state index in [1.807, 2.05) is 0 Å². The van der Waals surface area contributed by atoms with Gasteiger partial charge in [0.05, 0.1) is 23.5 Å². The van der Waals surface area contributed by atoms with Gasteiger partial charge in [0, 0.05) is 12.3 Å². The van der Waals surface area contributed by atoms with Crippen molar-refractivity contribution in [2.75, 3.05) is 0 Å². The number of nitrogens with zero attached hydrogens (tertiary/aromatic N) is 4. The average Bonchev–Trinajstić information content (AvgIpc) is 2.94. The highest BCUT2D eigenvalue weighted by Gasteiger charge is 2.13. The fourth-order valence-corrected chi connectivity index (χ4v) is 2.01. The Morgan fingerprint density at radius 2 is 2.24 bits per heavy atom. The molecule has 5 nitrogen and oxygen atoms in total. The summed E-state index contributed by atoms with van der Waals surface area (Å²) in [6.45, 7) is 0. The summed E-state index contributed by atoms with van der Waals surface area (Å²) in [7, 11) is 0. The molecule has 3 rings (SSSR count). The van der Waals surface area contributed by atoms with E-state index in [0.717, 1.165) is 5.56 Å². The SMILES string of the molecule is N#Cc1ccn2c(-c3ccoc3Br)nnc2c1. The molecule has 0 unspecified atom stereocenters. The van der Waals surface area contributed by atoms with Crippen LogP contribution >= 0.6 is 15.9 Å². The number of halogens is 1. The van der Waals surface area contributed by atoms with Gasteiger partial charge in [0.1, 0.15) is 0 Å². The van der Waals surface area contributed by atoms with Crippen LogP contribution in [0.2, 0.25) is 0 Å². The van der Waals surface area contributed by atoms with Gasteiger partial charge in [0.25, 0.3) is 0 Å². The number of fused-ring (bicyclic) bond motifs is 1. The summed E-state index contributed by atoms with van der Waals surface area (Å²) in [5.41, 5.74) is 2.01. The van der Waals surface area contributed by atoms with Crippen molar-refractivity contribution in [3.8, 4) is 17.5 Å². The van der Waals surface area contributed by atoms with Crippen LogP contribution < -0.4 is 0 Å². The first-order chi connectivity index (χ1) is 8.29. The van der Waals surface area contributed by atoms with Gasteiger partial charge < -0.3 is 4.42 Å². The molecule has 0 aliphatic carbocycles. The molecule has 0 bridgehead atoms. The fraction of sp³-hybridized carbons (Fsp3) is 0. The van der Waals surface area contributed by atoms with Crippen molar-refractivity contribution in [1.82, 2.24) is 14.6 Å². The second-order valence-corrected chi connectivity index (χ2v) is 4.11. The van der Waals surface area contributed by atoms with Gasteiger partial charge in [0.2, 0.25) is 0 Å². The molecule has 0 aliphatic heterocycles. The summed E-state index contributed by atoms with van der Waals surface area (Å²) in [6.07, 6.45) is 3.34. The number of hydrogen-bond donors (Lipinski definition) is 0. The third-order valence-electron chi connectivity index (χ3n) is 2.40. The number of nitriles is 1. The Balaban J connectivity index is 2.27. The first-order valence-electron chi connectivity index (χ1n) is 4.78. The molecule has 0 aliphatic rings. The van der Waals surface area contributed by atoms with Crippen LogP contribution in [0.5, 0.6) is 0 Å². The summed E-state index contributed by atoms with van der Waals surface area (Å²) in [4.78, 5) is 0. The minimum atomic E-state index is 0.558. The molecule has 0 atom stereocenters. The van der Waals surface area contributed by atoms with Crippen LogP contribution in [0.1, 0.15) is 5.56 Å². The van der Waals surface area contributed by atoms with E-state index in [-0.39, 0.29) is 0 Å². The molecular weight excluding hydrogens is 284 g/mol. The highest BCUT2D eigenvalue weighted by molar-refractivity contribution is 9.10. The van der Waals surface area contributed by atoms with E-state index in [1.165, 1.54) is 0 Å². The van der Waals surface area contributed by atoms with E-state index in [9.17, 15) is 0 Å². The predicted molar refractivity (Wildman–Crippen MR) is 63.1 cm³/mol. The second kappa shape index (κ2) is 3.71. The Hall–Kier alpha value is -2.13. The largest absolute Gasteiger partial charge is 0.457 e. The Morgan fingerprint density at radius 1 is 1.35 bits per heavy atom. The predicted octanol–water partition coefficient (Wildman–Crippen LogP) is 2.62. The lowest BCUT2D eigenvalue weighted by Gasteiger charge is -1.97. The molecule has 82 valence electrons. The topological polar surface area (TPSA) is 67.1 Å². The molecule has 3 aromatic rings. The normalized spacial score (nSPS) is 10.6. The molecule has 6 heteroatoms. The zero-order valence-electron chi connectivity index (χ0n) is 8.46. The second-order valence-electron chi connectivity index (χ2n) is 3.39. The average molecular weight is 289 g/mol. The Kier molecular flexibility index (Phi) is 2.20. The molecule has 0 saturated heterocycles. The monoisotopic (exact) mass is 288 g/mol. The van der Waals surface area contributed by atoms with Crippen molar-refractivity contribution in [2.24, 2.45) is 0 Å². The summed E-state index contributed by atoms with van der Waals surface area (Å²) < 4.78 is 7.57. The number of aromatic nitrogens is 3. The zero-order valence-corrected chi connectivity index (χ0v) is 10.0. The number of pyridine rings is 1. The summed E-state index contributed by atoms with van der Waals surface area (Å²) >= 11 is 3.30. The highest BCUT2D eigenvalue weighted by atomic mass is 79.9. The molecule has 0 fully saturated rings. The van der Waals surface area contributed by atoms with E-state index >= 15 is 0 Å². The summed E-state index contributed by atoms with van der Waals surface area (Å²) in [5, 5.41) is 16.9. The molecule has 0 aromatic carbocycles. The quantitative estimate of drug-likeness (QED) is 0.690. The minimum Gasteiger partial charge on any atom is -0.457 e.